The number of rotatable bonds is 0. The van der Waals surface area contributed by atoms with Crippen LogP contribution < -0.4 is 5.73 Å². The van der Waals surface area contributed by atoms with Gasteiger partial charge in [0.15, 0.2) is 5.82 Å². The fourth-order valence-electron chi connectivity index (χ4n) is 1.10. The number of hydrogen-bond acceptors (Lipinski definition) is 2. The molecule has 68 valence electrons. The lowest BCUT2D eigenvalue weighted by molar-refractivity contribution is 0.633. The van der Waals surface area contributed by atoms with E-state index >= 15 is 0 Å². The van der Waals surface area contributed by atoms with E-state index in [0.717, 1.165) is 0 Å². The molecular formula is C7H4BrClFN3. The Morgan fingerprint density at radius 2 is 2.31 bits per heavy atom. The summed E-state index contributed by atoms with van der Waals surface area (Å²) in [7, 11) is 0. The molecule has 0 saturated carbocycles. The van der Waals surface area contributed by atoms with Crippen LogP contribution >= 0.6 is 27.5 Å². The number of aromatic nitrogens is 2. The Labute approximate surface area is 86.2 Å². The second-order valence-corrected chi connectivity index (χ2v) is 3.69. The van der Waals surface area contributed by atoms with Crippen LogP contribution in [0.2, 0.25) is 5.02 Å². The molecule has 1 aromatic heterocycles. The molecule has 2 rings (SSSR count). The molecule has 0 atom stereocenters. The Bertz CT molecular complexity index is 440. The summed E-state index contributed by atoms with van der Waals surface area (Å²) in [4.78, 5) is 0. The Morgan fingerprint density at radius 1 is 1.62 bits per heavy atom. The maximum atomic E-state index is 13.3. The number of halogens is 3. The van der Waals surface area contributed by atoms with E-state index in [-0.39, 0.29) is 10.7 Å². The zero-order valence-corrected chi connectivity index (χ0v) is 8.58. The van der Waals surface area contributed by atoms with Crippen LogP contribution in [0.25, 0.3) is 10.9 Å². The van der Waals surface area contributed by atoms with Crippen molar-refractivity contribution in [3.63, 3.8) is 0 Å². The first-order chi connectivity index (χ1) is 6.13. The van der Waals surface area contributed by atoms with Crippen LogP contribution in [0, 0.1) is 5.82 Å². The highest BCUT2D eigenvalue weighted by molar-refractivity contribution is 9.10. The minimum absolute atomic E-state index is 0.0132. The lowest BCUT2D eigenvalue weighted by atomic mass is 10.2. The summed E-state index contributed by atoms with van der Waals surface area (Å²) >= 11 is 8.83. The van der Waals surface area contributed by atoms with Gasteiger partial charge in [0.25, 0.3) is 0 Å². The summed E-state index contributed by atoms with van der Waals surface area (Å²) in [6.07, 6.45) is 1.53. The first-order valence-electron chi connectivity index (χ1n) is 3.38. The van der Waals surface area contributed by atoms with E-state index < -0.39 is 5.82 Å². The zero-order valence-electron chi connectivity index (χ0n) is 6.24. The number of anilines is 1. The SMILES string of the molecule is Nc1c(F)c(Cl)c(Br)c2cn[nH]c12. The molecule has 0 saturated heterocycles. The Kier molecular flexibility index (Phi) is 1.92. The van der Waals surface area contributed by atoms with Crippen LogP contribution in [0.4, 0.5) is 10.1 Å². The molecule has 0 aliphatic rings. The van der Waals surface area contributed by atoms with Gasteiger partial charge in [0, 0.05) is 5.39 Å². The normalized spacial score (nSPS) is 11.0. The van der Waals surface area contributed by atoms with Crippen LogP contribution in [-0.4, -0.2) is 10.2 Å². The van der Waals surface area contributed by atoms with Gasteiger partial charge in [-0.2, -0.15) is 5.10 Å². The van der Waals surface area contributed by atoms with E-state index in [0.29, 0.717) is 15.4 Å². The molecule has 6 heteroatoms. The van der Waals surface area contributed by atoms with Crippen molar-refractivity contribution in [3.8, 4) is 0 Å². The molecular weight excluding hydrogens is 260 g/mol. The van der Waals surface area contributed by atoms with Crippen LogP contribution in [0.5, 0.6) is 0 Å². The predicted octanol–water partition coefficient (Wildman–Crippen LogP) is 2.70. The van der Waals surface area contributed by atoms with Crippen molar-refractivity contribution in [2.24, 2.45) is 0 Å². The van der Waals surface area contributed by atoms with E-state index in [4.69, 9.17) is 17.3 Å². The highest BCUT2D eigenvalue weighted by Gasteiger charge is 2.15. The van der Waals surface area contributed by atoms with Crippen molar-refractivity contribution in [1.29, 1.82) is 0 Å². The summed E-state index contributed by atoms with van der Waals surface area (Å²) in [6, 6.07) is 0. The number of nitrogens with one attached hydrogen (secondary N) is 1. The van der Waals surface area contributed by atoms with Crippen molar-refractivity contribution in [1.82, 2.24) is 10.2 Å². The maximum absolute atomic E-state index is 13.3. The van der Waals surface area contributed by atoms with Gasteiger partial charge >= 0.3 is 0 Å². The third-order valence-electron chi connectivity index (χ3n) is 1.77. The largest absolute Gasteiger partial charge is 0.395 e. The minimum Gasteiger partial charge on any atom is -0.395 e. The van der Waals surface area contributed by atoms with Crippen LogP contribution in [-0.2, 0) is 0 Å². The van der Waals surface area contributed by atoms with Gasteiger partial charge in [-0.05, 0) is 15.9 Å². The molecule has 0 spiro atoms. The van der Waals surface area contributed by atoms with Gasteiger partial charge in [0.05, 0.1) is 26.9 Å². The number of hydrogen-bond donors (Lipinski definition) is 2. The van der Waals surface area contributed by atoms with Gasteiger partial charge in [-0.3, -0.25) is 5.10 Å². The molecule has 0 radical (unpaired) electrons. The Hall–Kier alpha value is -0.810. The number of nitrogen functional groups attached to an aromatic ring is 1. The minimum atomic E-state index is -0.634. The summed E-state index contributed by atoms with van der Waals surface area (Å²) in [5.74, 6) is -0.634. The number of nitrogens with two attached hydrogens (primary N) is 1. The molecule has 3 N–H and O–H groups in total. The van der Waals surface area contributed by atoms with Crippen LogP contribution in [0.3, 0.4) is 0 Å². The summed E-state index contributed by atoms with van der Waals surface area (Å²) in [6.45, 7) is 0. The Morgan fingerprint density at radius 3 is 3.00 bits per heavy atom. The molecule has 3 nitrogen and oxygen atoms in total. The highest BCUT2D eigenvalue weighted by atomic mass is 79.9. The topological polar surface area (TPSA) is 54.7 Å². The molecule has 0 aliphatic heterocycles. The molecule has 1 heterocycles. The molecule has 0 bridgehead atoms. The van der Waals surface area contributed by atoms with E-state index in [2.05, 4.69) is 26.1 Å². The molecule has 0 fully saturated rings. The van der Waals surface area contributed by atoms with Crippen LogP contribution in [0.1, 0.15) is 0 Å². The van der Waals surface area contributed by atoms with Gasteiger partial charge in [0.1, 0.15) is 0 Å². The van der Waals surface area contributed by atoms with Gasteiger partial charge in [0.2, 0.25) is 0 Å². The molecule has 0 amide bonds. The molecule has 1 aromatic carbocycles. The summed E-state index contributed by atoms with van der Waals surface area (Å²) < 4.78 is 13.7. The third kappa shape index (κ3) is 1.11. The predicted molar refractivity (Wildman–Crippen MR) is 53.2 cm³/mol. The Balaban J connectivity index is 3.02. The average molecular weight is 264 g/mol. The van der Waals surface area contributed by atoms with E-state index in [1.165, 1.54) is 6.20 Å². The standard InChI is InChI=1S/C7H4BrClFN3/c8-3-2-1-12-13-7(2)6(11)5(10)4(3)9/h1H,11H2,(H,12,13). The van der Waals surface area contributed by atoms with Crippen molar-refractivity contribution in [2.75, 3.05) is 5.73 Å². The summed E-state index contributed by atoms with van der Waals surface area (Å²) in [5.41, 5.74) is 5.92. The number of aromatic amines is 1. The van der Waals surface area contributed by atoms with E-state index in [1.54, 1.807) is 0 Å². The van der Waals surface area contributed by atoms with Crippen molar-refractivity contribution in [3.05, 3.63) is 21.5 Å². The van der Waals surface area contributed by atoms with Crippen molar-refractivity contribution in [2.45, 2.75) is 0 Å². The fourth-order valence-corrected chi connectivity index (χ4v) is 1.78. The van der Waals surface area contributed by atoms with Crippen molar-refractivity contribution >= 4 is 44.1 Å². The number of fused-ring (bicyclic) bond motifs is 1. The second kappa shape index (κ2) is 2.85. The average Bonchev–Trinajstić information content (AvgIpc) is 2.59. The fraction of sp³-hybridized carbons (Fsp3) is 0. The molecule has 13 heavy (non-hydrogen) atoms. The summed E-state index contributed by atoms with van der Waals surface area (Å²) in [5, 5.41) is 6.99. The van der Waals surface area contributed by atoms with E-state index in [1.807, 2.05) is 0 Å². The van der Waals surface area contributed by atoms with Crippen LogP contribution in [0.15, 0.2) is 10.7 Å². The second-order valence-electron chi connectivity index (χ2n) is 2.51. The lowest BCUT2D eigenvalue weighted by Gasteiger charge is -2.03. The number of benzene rings is 1. The van der Waals surface area contributed by atoms with Gasteiger partial charge in [-0.15, -0.1) is 0 Å². The highest BCUT2D eigenvalue weighted by Crippen LogP contribution is 2.36. The lowest BCUT2D eigenvalue weighted by Crippen LogP contribution is -1.94. The maximum Gasteiger partial charge on any atom is 0.168 e. The first-order valence-corrected chi connectivity index (χ1v) is 4.55. The first kappa shape index (κ1) is 8.77. The van der Waals surface area contributed by atoms with Gasteiger partial charge < -0.3 is 5.73 Å². The third-order valence-corrected chi connectivity index (χ3v) is 3.17. The smallest absolute Gasteiger partial charge is 0.168 e. The quantitative estimate of drug-likeness (QED) is 0.568. The molecule has 0 unspecified atom stereocenters. The van der Waals surface area contributed by atoms with Gasteiger partial charge in [-0.1, -0.05) is 11.6 Å². The monoisotopic (exact) mass is 263 g/mol. The zero-order chi connectivity index (χ0) is 9.59. The molecule has 0 aliphatic carbocycles. The van der Waals surface area contributed by atoms with Crippen molar-refractivity contribution < 1.29 is 4.39 Å². The number of H-pyrrole nitrogens is 1. The molecule has 2 aromatic rings. The number of nitrogens with zero attached hydrogens (tertiary/aromatic N) is 1. The van der Waals surface area contributed by atoms with E-state index in [9.17, 15) is 4.39 Å². The van der Waals surface area contributed by atoms with Gasteiger partial charge in [-0.25, -0.2) is 4.39 Å².